The summed E-state index contributed by atoms with van der Waals surface area (Å²) in [5.74, 6) is -0.353. The van der Waals surface area contributed by atoms with Gasteiger partial charge in [0.2, 0.25) is 0 Å². The number of hydrogen-bond donors (Lipinski definition) is 1. The number of Topliss-reactive ketones (excluding diaryl/α,β-unsaturated/α-hetero) is 1. The molecule has 150 valence electrons. The molecule has 1 N–H and O–H groups in total. The molecule has 1 saturated carbocycles. The van der Waals surface area contributed by atoms with Crippen molar-refractivity contribution in [2.24, 2.45) is 0 Å². The number of carbonyl (C=O) groups excluding carboxylic acids is 2. The van der Waals surface area contributed by atoms with E-state index in [1.54, 1.807) is 10.7 Å². The van der Waals surface area contributed by atoms with Gasteiger partial charge in [0.25, 0.3) is 5.91 Å². The van der Waals surface area contributed by atoms with Crippen LogP contribution in [0, 0.1) is 0 Å². The van der Waals surface area contributed by atoms with Gasteiger partial charge in [-0.15, -0.1) is 0 Å². The molecule has 3 heterocycles. The zero-order chi connectivity index (χ0) is 20.6. The maximum atomic E-state index is 12.8. The largest absolute Gasteiger partial charge is 0.433 e. The van der Waals surface area contributed by atoms with E-state index in [1.807, 2.05) is 6.20 Å². The Morgan fingerprint density at radius 1 is 1.21 bits per heavy atom. The lowest BCUT2D eigenvalue weighted by atomic mass is 9.95. The Balaban J connectivity index is 1.52. The van der Waals surface area contributed by atoms with Crippen LogP contribution in [0.1, 0.15) is 47.9 Å². The number of aromatic nitrogens is 4. The third kappa shape index (κ3) is 4.10. The average Bonchev–Trinajstić information content (AvgIpc) is 3.11. The first kappa shape index (κ1) is 19.0. The van der Waals surface area contributed by atoms with Crippen LogP contribution in [0.2, 0.25) is 0 Å². The van der Waals surface area contributed by atoms with E-state index in [0.29, 0.717) is 18.4 Å². The summed E-state index contributed by atoms with van der Waals surface area (Å²) in [6.45, 7) is 0. The van der Waals surface area contributed by atoms with E-state index < -0.39 is 17.8 Å². The minimum atomic E-state index is -4.63. The number of carbonyl (C=O) groups is 2. The van der Waals surface area contributed by atoms with Crippen molar-refractivity contribution < 1.29 is 22.8 Å². The quantitative estimate of drug-likeness (QED) is 0.719. The van der Waals surface area contributed by atoms with Crippen molar-refractivity contribution in [3.8, 4) is 0 Å². The molecule has 4 rings (SSSR count). The molecule has 1 fully saturated rings. The monoisotopic (exact) mass is 403 g/mol. The van der Waals surface area contributed by atoms with Crippen LogP contribution in [-0.2, 0) is 11.0 Å². The van der Waals surface area contributed by atoms with Crippen molar-refractivity contribution in [1.82, 2.24) is 19.7 Å². The molecule has 0 atom stereocenters. The molecule has 0 aliphatic heterocycles. The maximum Gasteiger partial charge on any atom is 0.433 e. The number of hydrogen-bond acceptors (Lipinski definition) is 5. The van der Waals surface area contributed by atoms with Crippen LogP contribution in [0.15, 0.2) is 36.7 Å². The summed E-state index contributed by atoms with van der Waals surface area (Å²) >= 11 is 0. The highest BCUT2D eigenvalue weighted by Crippen LogP contribution is 2.29. The van der Waals surface area contributed by atoms with E-state index >= 15 is 0 Å². The second-order valence-corrected chi connectivity index (χ2v) is 6.87. The van der Waals surface area contributed by atoms with Crippen molar-refractivity contribution >= 4 is 28.4 Å². The first-order chi connectivity index (χ1) is 13.8. The van der Waals surface area contributed by atoms with Crippen LogP contribution in [0.4, 0.5) is 19.0 Å². The Kier molecular flexibility index (Phi) is 4.77. The van der Waals surface area contributed by atoms with Crippen molar-refractivity contribution in [1.29, 1.82) is 0 Å². The summed E-state index contributed by atoms with van der Waals surface area (Å²) in [5.41, 5.74) is -0.873. The Morgan fingerprint density at radius 3 is 2.69 bits per heavy atom. The number of nitrogens with zero attached hydrogens (tertiary/aromatic N) is 4. The Bertz CT molecular complexity index is 1080. The standard InChI is InChI=1S/C19H16F3N5O2/c20-19(21,22)16-3-1-2-14(24-16)18(29)25-17-8-11-10-27(26-15(11)9-23-17)12-4-6-13(28)7-5-12/h1-3,8-10,12H,4-7H2,(H,25,29). The molecule has 0 aromatic carbocycles. The number of fused-ring (bicyclic) bond motifs is 1. The Labute approximate surface area is 162 Å². The SMILES string of the molecule is O=C1CCC(n2cc3cc(NC(=O)c4cccc(C(F)(F)F)n4)ncc3n2)CC1. The van der Waals surface area contributed by atoms with E-state index in [-0.39, 0.29) is 23.3 Å². The minimum absolute atomic E-state index is 0.132. The third-order valence-electron chi connectivity index (χ3n) is 4.81. The molecule has 0 saturated heterocycles. The van der Waals surface area contributed by atoms with Gasteiger partial charge in [-0.05, 0) is 31.0 Å². The number of pyridine rings is 2. The zero-order valence-corrected chi connectivity index (χ0v) is 15.1. The van der Waals surface area contributed by atoms with Crippen molar-refractivity contribution in [2.75, 3.05) is 5.32 Å². The molecular weight excluding hydrogens is 387 g/mol. The normalized spacial score (nSPS) is 15.6. The van der Waals surface area contributed by atoms with Crippen LogP contribution in [0.3, 0.4) is 0 Å². The number of alkyl halides is 3. The molecule has 29 heavy (non-hydrogen) atoms. The van der Waals surface area contributed by atoms with E-state index in [1.165, 1.54) is 12.3 Å². The smallest absolute Gasteiger partial charge is 0.305 e. The summed E-state index contributed by atoms with van der Waals surface area (Å²) in [7, 11) is 0. The molecule has 10 heteroatoms. The Hall–Kier alpha value is -3.30. The number of ketones is 1. The minimum Gasteiger partial charge on any atom is -0.305 e. The van der Waals surface area contributed by atoms with Crippen LogP contribution in [-0.4, -0.2) is 31.4 Å². The van der Waals surface area contributed by atoms with E-state index in [9.17, 15) is 22.8 Å². The van der Waals surface area contributed by atoms with Gasteiger partial charge >= 0.3 is 6.18 Å². The van der Waals surface area contributed by atoms with Crippen LogP contribution >= 0.6 is 0 Å². The summed E-state index contributed by atoms with van der Waals surface area (Å²) in [5, 5.41) is 7.66. The number of anilines is 1. The van der Waals surface area contributed by atoms with Crippen LogP contribution in [0.25, 0.3) is 10.9 Å². The first-order valence-electron chi connectivity index (χ1n) is 9.02. The third-order valence-corrected chi connectivity index (χ3v) is 4.81. The maximum absolute atomic E-state index is 12.8. The van der Waals surface area contributed by atoms with Crippen molar-refractivity contribution in [3.63, 3.8) is 0 Å². The van der Waals surface area contributed by atoms with Gasteiger partial charge in [-0.1, -0.05) is 6.07 Å². The summed E-state index contributed by atoms with van der Waals surface area (Å²) in [6, 6.07) is 4.85. The van der Waals surface area contributed by atoms with Gasteiger partial charge in [0.05, 0.1) is 12.2 Å². The van der Waals surface area contributed by atoms with Crippen LogP contribution in [0.5, 0.6) is 0 Å². The fourth-order valence-electron chi connectivity index (χ4n) is 3.29. The number of nitrogens with one attached hydrogen (secondary N) is 1. The number of amides is 1. The van der Waals surface area contributed by atoms with Gasteiger partial charge in [-0.3, -0.25) is 14.3 Å². The molecule has 0 unspecified atom stereocenters. The highest BCUT2D eigenvalue weighted by Gasteiger charge is 2.33. The second kappa shape index (κ2) is 7.26. The predicted octanol–water partition coefficient (Wildman–Crippen LogP) is 3.78. The fraction of sp³-hybridized carbons (Fsp3) is 0.316. The van der Waals surface area contributed by atoms with E-state index in [2.05, 4.69) is 20.4 Å². The molecule has 0 bridgehead atoms. The molecule has 3 aromatic rings. The first-order valence-corrected chi connectivity index (χ1v) is 9.02. The van der Waals surface area contributed by atoms with Gasteiger partial charge in [-0.2, -0.15) is 18.3 Å². The zero-order valence-electron chi connectivity index (χ0n) is 15.1. The van der Waals surface area contributed by atoms with Crippen LogP contribution < -0.4 is 5.32 Å². The summed E-state index contributed by atoms with van der Waals surface area (Å²) in [4.78, 5) is 31.2. The molecule has 3 aromatic heterocycles. The van der Waals surface area contributed by atoms with Crippen molar-refractivity contribution in [2.45, 2.75) is 37.9 Å². The molecule has 1 aliphatic rings. The lowest BCUT2D eigenvalue weighted by molar-refractivity contribution is -0.141. The van der Waals surface area contributed by atoms with Gasteiger partial charge in [0, 0.05) is 24.4 Å². The summed E-state index contributed by atoms with van der Waals surface area (Å²) in [6.07, 6.45) is 1.18. The molecular formula is C19H16F3N5O2. The van der Waals surface area contributed by atoms with E-state index in [0.717, 1.165) is 30.4 Å². The molecule has 0 spiro atoms. The van der Waals surface area contributed by atoms with Gasteiger partial charge in [-0.25, -0.2) is 9.97 Å². The molecule has 7 nitrogen and oxygen atoms in total. The topological polar surface area (TPSA) is 89.8 Å². The fourth-order valence-corrected chi connectivity index (χ4v) is 3.29. The lowest BCUT2D eigenvalue weighted by Crippen LogP contribution is -2.18. The number of halogens is 3. The molecule has 1 amide bonds. The average molecular weight is 403 g/mol. The van der Waals surface area contributed by atoms with Gasteiger partial charge in [0.1, 0.15) is 28.5 Å². The lowest BCUT2D eigenvalue weighted by Gasteiger charge is -2.20. The Morgan fingerprint density at radius 2 is 1.97 bits per heavy atom. The number of rotatable bonds is 3. The highest BCUT2D eigenvalue weighted by molar-refractivity contribution is 6.03. The van der Waals surface area contributed by atoms with Gasteiger partial charge in [0.15, 0.2) is 0 Å². The van der Waals surface area contributed by atoms with Gasteiger partial charge < -0.3 is 5.32 Å². The summed E-state index contributed by atoms with van der Waals surface area (Å²) < 4.78 is 40.1. The molecule has 0 radical (unpaired) electrons. The highest BCUT2D eigenvalue weighted by atomic mass is 19.4. The predicted molar refractivity (Wildman–Crippen MR) is 97.2 cm³/mol. The molecule has 1 aliphatic carbocycles. The second-order valence-electron chi connectivity index (χ2n) is 6.87. The van der Waals surface area contributed by atoms with E-state index in [4.69, 9.17) is 0 Å². The van der Waals surface area contributed by atoms with Crippen molar-refractivity contribution in [3.05, 3.63) is 48.0 Å².